The lowest BCUT2D eigenvalue weighted by atomic mass is 9.89. The average molecular weight is 463 g/mol. The quantitative estimate of drug-likeness (QED) is 0.281. The number of aliphatic hydroxyl groups is 1. The Morgan fingerprint density at radius 1 is 0.971 bits per heavy atom. The number of allylic oxidation sites excluding steroid dienone is 2. The van der Waals surface area contributed by atoms with E-state index in [0.29, 0.717) is 27.8 Å². The van der Waals surface area contributed by atoms with Crippen LogP contribution < -0.4 is 0 Å². The van der Waals surface area contributed by atoms with Gasteiger partial charge in [0.2, 0.25) is 0 Å². The highest BCUT2D eigenvalue weighted by molar-refractivity contribution is 6.02. The number of benzene rings is 2. The van der Waals surface area contributed by atoms with Gasteiger partial charge in [-0.2, -0.15) is 0 Å². The number of aliphatic hydroxyl groups excluding tert-OH is 1. The molecule has 0 aliphatic heterocycles. The monoisotopic (exact) mass is 463 g/mol. The molecule has 0 spiro atoms. The predicted molar refractivity (Wildman–Crippen MR) is 124 cm³/mol. The Labute approximate surface area is 196 Å². The van der Waals surface area contributed by atoms with E-state index in [1.807, 2.05) is 6.07 Å². The molecule has 174 valence electrons. The number of nitrogens with zero attached hydrogens (tertiary/aromatic N) is 1. The molecule has 0 aliphatic carbocycles. The molecule has 2 aromatic carbocycles. The van der Waals surface area contributed by atoms with E-state index in [1.165, 1.54) is 37.5 Å². The van der Waals surface area contributed by atoms with Crippen LogP contribution in [0.1, 0.15) is 29.5 Å². The molecule has 0 aliphatic rings. The Balaban J connectivity index is 2.09. The van der Waals surface area contributed by atoms with Crippen molar-refractivity contribution in [1.29, 1.82) is 0 Å². The molecule has 1 aromatic heterocycles. The fourth-order valence-electron chi connectivity index (χ4n) is 3.37. The van der Waals surface area contributed by atoms with Crippen molar-refractivity contribution in [2.45, 2.75) is 18.9 Å². The summed E-state index contributed by atoms with van der Waals surface area (Å²) in [6.07, 6.45) is 4.45. The first-order valence-corrected chi connectivity index (χ1v) is 10.5. The summed E-state index contributed by atoms with van der Waals surface area (Å²) >= 11 is 0. The number of Topliss-reactive ketones (excluding diaryl/α,β-unsaturated/α-hetero) is 1. The van der Waals surface area contributed by atoms with Crippen molar-refractivity contribution in [2.24, 2.45) is 0 Å². The molecule has 3 aromatic rings. The highest BCUT2D eigenvalue weighted by atomic mass is 19.1. The van der Waals surface area contributed by atoms with Gasteiger partial charge in [-0.25, -0.2) is 8.78 Å². The molecule has 34 heavy (non-hydrogen) atoms. The van der Waals surface area contributed by atoms with Crippen molar-refractivity contribution < 1.29 is 28.2 Å². The summed E-state index contributed by atoms with van der Waals surface area (Å²) in [7, 11) is 1.18. The van der Waals surface area contributed by atoms with Crippen molar-refractivity contribution >= 4 is 22.9 Å². The molecule has 1 atom stereocenters. The summed E-state index contributed by atoms with van der Waals surface area (Å²) < 4.78 is 31.7. The number of halogens is 2. The van der Waals surface area contributed by atoms with E-state index < -0.39 is 35.9 Å². The zero-order valence-corrected chi connectivity index (χ0v) is 18.4. The summed E-state index contributed by atoms with van der Waals surface area (Å²) in [6, 6.07) is 15.3. The van der Waals surface area contributed by atoms with E-state index >= 15 is 0 Å². The summed E-state index contributed by atoms with van der Waals surface area (Å²) in [4.78, 5) is 27.5. The van der Waals surface area contributed by atoms with Crippen LogP contribution in [0, 0.1) is 11.6 Å². The van der Waals surface area contributed by atoms with Crippen LogP contribution in [-0.4, -0.2) is 35.1 Å². The Morgan fingerprint density at radius 3 is 2.06 bits per heavy atom. The van der Waals surface area contributed by atoms with Crippen molar-refractivity contribution in [1.82, 2.24) is 4.98 Å². The lowest BCUT2D eigenvalue weighted by molar-refractivity contribution is -0.143. The van der Waals surface area contributed by atoms with Gasteiger partial charge in [-0.3, -0.25) is 14.6 Å². The van der Waals surface area contributed by atoms with Gasteiger partial charge in [-0.1, -0.05) is 42.5 Å². The maximum absolute atomic E-state index is 13.6. The van der Waals surface area contributed by atoms with Gasteiger partial charge in [0.1, 0.15) is 23.8 Å². The van der Waals surface area contributed by atoms with Crippen molar-refractivity contribution in [3.05, 3.63) is 114 Å². The number of aromatic nitrogens is 1. The smallest absolute Gasteiger partial charge is 0.313 e. The van der Waals surface area contributed by atoms with E-state index in [9.17, 15) is 23.5 Å². The molecule has 0 saturated heterocycles. The molecule has 5 nitrogen and oxygen atoms in total. The first kappa shape index (κ1) is 24.7. The molecule has 1 N–H and O–H groups in total. The Bertz CT molecular complexity index is 1140. The van der Waals surface area contributed by atoms with Crippen LogP contribution in [-0.2, 0) is 14.3 Å². The van der Waals surface area contributed by atoms with Gasteiger partial charge in [0.15, 0.2) is 0 Å². The summed E-state index contributed by atoms with van der Waals surface area (Å²) in [5, 5.41) is 10.4. The topological polar surface area (TPSA) is 76.5 Å². The molecular formula is C27H23F2NO4. The van der Waals surface area contributed by atoms with Crippen LogP contribution in [0.5, 0.6) is 0 Å². The van der Waals surface area contributed by atoms with Gasteiger partial charge in [0, 0.05) is 24.4 Å². The lowest BCUT2D eigenvalue weighted by Gasteiger charge is -2.15. The van der Waals surface area contributed by atoms with Crippen molar-refractivity contribution in [3.8, 4) is 0 Å². The standard InChI is InChI=1S/C27H23F2NO4/c1-34-26(33)16-24(32)15-23(31)12-13-25(20-3-2-14-30-17-20)27(18-4-8-21(28)9-5-18)19-6-10-22(29)11-7-19/h2-14,17,23,31H,15-16H2,1H3/b13-12+. The summed E-state index contributed by atoms with van der Waals surface area (Å²) in [5.41, 5.74) is 3.28. The van der Waals surface area contributed by atoms with Gasteiger partial charge in [-0.15, -0.1) is 0 Å². The summed E-state index contributed by atoms with van der Waals surface area (Å²) in [6.45, 7) is 0. The minimum absolute atomic E-state index is 0.269. The van der Waals surface area contributed by atoms with Gasteiger partial charge in [-0.05, 0) is 52.6 Å². The van der Waals surface area contributed by atoms with Crippen LogP contribution in [0.2, 0.25) is 0 Å². The Hall–Kier alpha value is -3.97. The molecule has 7 heteroatoms. The Kier molecular flexibility index (Phi) is 8.54. The third-order valence-corrected chi connectivity index (χ3v) is 5.00. The van der Waals surface area contributed by atoms with E-state index in [-0.39, 0.29) is 6.42 Å². The highest BCUT2D eigenvalue weighted by Gasteiger charge is 2.16. The molecule has 0 radical (unpaired) electrons. The third-order valence-electron chi connectivity index (χ3n) is 5.00. The van der Waals surface area contributed by atoms with Crippen LogP contribution in [0.3, 0.4) is 0 Å². The highest BCUT2D eigenvalue weighted by Crippen LogP contribution is 2.33. The molecule has 0 bridgehead atoms. The number of hydrogen-bond donors (Lipinski definition) is 1. The number of rotatable bonds is 9. The van der Waals surface area contributed by atoms with Gasteiger partial charge in [0.05, 0.1) is 13.2 Å². The molecular weight excluding hydrogens is 440 g/mol. The number of carbonyl (C=O) groups excluding carboxylic acids is 2. The van der Waals surface area contributed by atoms with Gasteiger partial charge < -0.3 is 9.84 Å². The second-order valence-corrected chi connectivity index (χ2v) is 7.47. The number of ether oxygens (including phenoxy) is 1. The maximum atomic E-state index is 13.6. The first-order valence-electron chi connectivity index (χ1n) is 10.5. The first-order chi connectivity index (χ1) is 16.4. The SMILES string of the molecule is COC(=O)CC(=O)CC(O)/C=C/C(=C(c1ccc(F)cc1)c1ccc(F)cc1)c1cccnc1. The van der Waals surface area contributed by atoms with Crippen LogP contribution in [0.25, 0.3) is 11.1 Å². The Morgan fingerprint density at radius 2 is 1.56 bits per heavy atom. The average Bonchev–Trinajstić information content (AvgIpc) is 2.83. The number of methoxy groups -OCH3 is 1. The fraction of sp³-hybridized carbons (Fsp3) is 0.148. The van der Waals surface area contributed by atoms with Crippen molar-refractivity contribution in [2.75, 3.05) is 7.11 Å². The second kappa shape index (κ2) is 11.8. The maximum Gasteiger partial charge on any atom is 0.313 e. The van der Waals surface area contributed by atoms with E-state index in [1.54, 1.807) is 48.8 Å². The normalized spacial score (nSPS) is 11.8. The van der Waals surface area contributed by atoms with Gasteiger partial charge in [0.25, 0.3) is 0 Å². The molecule has 1 heterocycles. The van der Waals surface area contributed by atoms with E-state index in [4.69, 9.17) is 0 Å². The largest absolute Gasteiger partial charge is 0.469 e. The predicted octanol–water partition coefficient (Wildman–Crippen LogP) is 4.76. The van der Waals surface area contributed by atoms with Crippen LogP contribution >= 0.6 is 0 Å². The zero-order valence-electron chi connectivity index (χ0n) is 18.4. The second-order valence-electron chi connectivity index (χ2n) is 7.47. The van der Waals surface area contributed by atoms with E-state index in [0.717, 1.165) is 0 Å². The molecule has 3 rings (SSSR count). The summed E-state index contributed by atoms with van der Waals surface area (Å²) in [5.74, 6) is -1.94. The number of carbonyl (C=O) groups is 2. The third kappa shape index (κ3) is 6.76. The lowest BCUT2D eigenvalue weighted by Crippen LogP contribution is -2.15. The van der Waals surface area contributed by atoms with Crippen LogP contribution in [0.15, 0.2) is 85.2 Å². The molecule has 0 saturated carbocycles. The van der Waals surface area contributed by atoms with Gasteiger partial charge >= 0.3 is 5.97 Å². The minimum Gasteiger partial charge on any atom is -0.469 e. The fourth-order valence-corrected chi connectivity index (χ4v) is 3.37. The van der Waals surface area contributed by atoms with E-state index in [2.05, 4.69) is 9.72 Å². The van der Waals surface area contributed by atoms with Crippen LogP contribution in [0.4, 0.5) is 8.78 Å². The number of pyridine rings is 1. The zero-order chi connectivity index (χ0) is 24.5. The number of hydrogen-bond acceptors (Lipinski definition) is 5. The molecule has 1 unspecified atom stereocenters. The number of ketones is 1. The molecule has 0 fully saturated rings. The van der Waals surface area contributed by atoms with Crippen molar-refractivity contribution in [3.63, 3.8) is 0 Å². The minimum atomic E-state index is -1.16. The molecule has 0 amide bonds. The number of esters is 1.